The number of ether oxygens (including phenoxy) is 2. The van der Waals surface area contributed by atoms with Gasteiger partial charge in [-0.05, 0) is 68.5 Å². The fraction of sp³-hybridized carbons (Fsp3) is 0.346. The van der Waals surface area contributed by atoms with Crippen LogP contribution in [0.2, 0.25) is 0 Å². The number of pyridine rings is 1. The van der Waals surface area contributed by atoms with E-state index >= 15 is 0 Å². The van der Waals surface area contributed by atoms with E-state index in [0.29, 0.717) is 6.61 Å². The lowest BCUT2D eigenvalue weighted by atomic mass is 9.94. The molecule has 1 heterocycles. The second-order valence-corrected chi connectivity index (χ2v) is 7.56. The number of hydrogen-bond acceptors (Lipinski definition) is 3. The Kier molecular flexibility index (Phi) is 6.92. The Morgan fingerprint density at radius 2 is 1.52 bits per heavy atom. The minimum Gasteiger partial charge on any atom is -0.487 e. The molecule has 152 valence electrons. The van der Waals surface area contributed by atoms with E-state index in [4.69, 9.17) is 14.5 Å². The summed E-state index contributed by atoms with van der Waals surface area (Å²) in [5, 5.41) is 0. The van der Waals surface area contributed by atoms with Crippen LogP contribution in [-0.4, -0.2) is 11.1 Å². The SMILES string of the molecule is CCc1cccc(CC)c1-c1cc(C)c(COc2ccccc2OC(C)C)cn1. The maximum Gasteiger partial charge on any atom is 0.161 e. The first-order valence-electron chi connectivity index (χ1n) is 10.5. The molecule has 29 heavy (non-hydrogen) atoms. The summed E-state index contributed by atoms with van der Waals surface area (Å²) in [6.45, 7) is 11.0. The summed E-state index contributed by atoms with van der Waals surface area (Å²) in [4.78, 5) is 4.80. The third-order valence-electron chi connectivity index (χ3n) is 5.07. The van der Waals surface area contributed by atoms with Crippen molar-refractivity contribution < 1.29 is 9.47 Å². The average Bonchev–Trinajstić information content (AvgIpc) is 2.72. The third-order valence-corrected chi connectivity index (χ3v) is 5.07. The Labute approximate surface area is 174 Å². The molecule has 0 fully saturated rings. The maximum atomic E-state index is 6.08. The van der Waals surface area contributed by atoms with E-state index in [9.17, 15) is 0 Å². The predicted molar refractivity (Wildman–Crippen MR) is 120 cm³/mol. The monoisotopic (exact) mass is 389 g/mol. The Morgan fingerprint density at radius 1 is 0.862 bits per heavy atom. The fourth-order valence-electron chi connectivity index (χ4n) is 3.52. The Balaban J connectivity index is 1.84. The van der Waals surface area contributed by atoms with Gasteiger partial charge in [0.25, 0.3) is 0 Å². The Hall–Kier alpha value is -2.81. The first kappa shape index (κ1) is 20.9. The van der Waals surface area contributed by atoms with Gasteiger partial charge in [0.05, 0.1) is 11.8 Å². The van der Waals surface area contributed by atoms with Crippen molar-refractivity contribution in [1.82, 2.24) is 4.98 Å². The molecule has 3 rings (SSSR count). The Bertz CT molecular complexity index is 940. The normalized spacial score (nSPS) is 11.0. The summed E-state index contributed by atoms with van der Waals surface area (Å²) in [7, 11) is 0. The van der Waals surface area contributed by atoms with Crippen LogP contribution in [0.25, 0.3) is 11.3 Å². The standard InChI is InChI=1S/C26H31NO2/c1-6-20-11-10-12-21(7-2)26(20)23-15-19(5)22(16-27-23)17-28-24-13-8-9-14-25(24)29-18(3)4/h8-16,18H,6-7,17H2,1-5H3. The highest BCUT2D eigenvalue weighted by Gasteiger charge is 2.13. The van der Waals surface area contributed by atoms with Crippen LogP contribution in [0.3, 0.4) is 0 Å². The van der Waals surface area contributed by atoms with Crippen LogP contribution in [-0.2, 0) is 19.4 Å². The lowest BCUT2D eigenvalue weighted by Gasteiger charge is -2.16. The number of aryl methyl sites for hydroxylation is 3. The summed E-state index contributed by atoms with van der Waals surface area (Å²) in [6.07, 6.45) is 4.06. The topological polar surface area (TPSA) is 31.4 Å². The molecular formula is C26H31NO2. The molecule has 0 radical (unpaired) electrons. The molecule has 3 nitrogen and oxygen atoms in total. The number of nitrogens with zero attached hydrogens (tertiary/aromatic N) is 1. The van der Waals surface area contributed by atoms with Crippen molar-refractivity contribution in [2.45, 2.75) is 60.2 Å². The van der Waals surface area contributed by atoms with Crippen molar-refractivity contribution in [1.29, 1.82) is 0 Å². The van der Waals surface area contributed by atoms with E-state index in [0.717, 1.165) is 35.6 Å². The van der Waals surface area contributed by atoms with Crippen LogP contribution in [0.4, 0.5) is 0 Å². The van der Waals surface area contributed by atoms with Crippen molar-refractivity contribution in [3.05, 3.63) is 77.0 Å². The minimum atomic E-state index is 0.105. The largest absolute Gasteiger partial charge is 0.487 e. The van der Waals surface area contributed by atoms with Crippen molar-refractivity contribution in [3.63, 3.8) is 0 Å². The van der Waals surface area contributed by atoms with Gasteiger partial charge in [0.1, 0.15) is 6.61 Å². The molecule has 0 aliphatic carbocycles. The maximum absolute atomic E-state index is 6.08. The molecule has 0 unspecified atom stereocenters. The zero-order valence-corrected chi connectivity index (χ0v) is 18.2. The van der Waals surface area contributed by atoms with E-state index in [2.05, 4.69) is 45.0 Å². The molecule has 0 aliphatic heterocycles. The highest BCUT2D eigenvalue weighted by Crippen LogP contribution is 2.30. The Morgan fingerprint density at radius 3 is 2.10 bits per heavy atom. The zero-order chi connectivity index (χ0) is 20.8. The van der Waals surface area contributed by atoms with Crippen molar-refractivity contribution in [2.24, 2.45) is 0 Å². The first-order chi connectivity index (χ1) is 14.0. The highest BCUT2D eigenvalue weighted by atomic mass is 16.5. The van der Waals surface area contributed by atoms with Gasteiger partial charge in [-0.15, -0.1) is 0 Å². The molecule has 0 spiro atoms. The van der Waals surface area contributed by atoms with Crippen LogP contribution < -0.4 is 9.47 Å². The van der Waals surface area contributed by atoms with Gasteiger partial charge in [-0.3, -0.25) is 4.98 Å². The van der Waals surface area contributed by atoms with E-state index in [-0.39, 0.29) is 6.10 Å². The van der Waals surface area contributed by atoms with Gasteiger partial charge in [-0.1, -0.05) is 44.2 Å². The summed E-state index contributed by atoms with van der Waals surface area (Å²) in [5.41, 5.74) is 7.29. The number of rotatable bonds is 8. The molecule has 1 aromatic heterocycles. The first-order valence-corrected chi connectivity index (χ1v) is 10.5. The molecule has 3 heteroatoms. The lowest BCUT2D eigenvalue weighted by Crippen LogP contribution is -2.07. The number of benzene rings is 2. The van der Waals surface area contributed by atoms with Crippen LogP contribution in [0.1, 0.15) is 49.9 Å². The minimum absolute atomic E-state index is 0.105. The van der Waals surface area contributed by atoms with Gasteiger partial charge < -0.3 is 9.47 Å². The molecule has 0 saturated carbocycles. The average molecular weight is 390 g/mol. The van der Waals surface area contributed by atoms with Crippen molar-refractivity contribution in [2.75, 3.05) is 0 Å². The molecule has 2 aromatic carbocycles. The molecule has 0 N–H and O–H groups in total. The van der Waals surface area contributed by atoms with E-state index in [1.165, 1.54) is 22.3 Å². The summed E-state index contributed by atoms with van der Waals surface area (Å²) >= 11 is 0. The van der Waals surface area contributed by atoms with Crippen LogP contribution in [0.15, 0.2) is 54.7 Å². The third kappa shape index (κ3) is 4.97. The lowest BCUT2D eigenvalue weighted by molar-refractivity contribution is 0.218. The van der Waals surface area contributed by atoms with Crippen LogP contribution >= 0.6 is 0 Å². The zero-order valence-electron chi connectivity index (χ0n) is 18.2. The molecule has 0 aliphatic rings. The van der Waals surface area contributed by atoms with Crippen LogP contribution in [0.5, 0.6) is 11.5 Å². The van der Waals surface area contributed by atoms with Gasteiger partial charge >= 0.3 is 0 Å². The molecule has 0 atom stereocenters. The van der Waals surface area contributed by atoms with Gasteiger partial charge in [-0.2, -0.15) is 0 Å². The quantitative estimate of drug-likeness (QED) is 0.438. The summed E-state index contributed by atoms with van der Waals surface area (Å²) in [6, 6.07) is 16.5. The second kappa shape index (κ2) is 9.60. The van der Waals surface area contributed by atoms with Gasteiger partial charge in [0.2, 0.25) is 0 Å². The predicted octanol–water partition coefficient (Wildman–Crippen LogP) is 6.55. The van der Waals surface area contributed by atoms with Crippen molar-refractivity contribution in [3.8, 4) is 22.8 Å². The molecule has 0 amide bonds. The van der Waals surface area contributed by atoms with Gasteiger partial charge in [-0.25, -0.2) is 0 Å². The molecule has 0 saturated heterocycles. The van der Waals surface area contributed by atoms with Gasteiger partial charge in [0.15, 0.2) is 11.5 Å². The summed E-state index contributed by atoms with van der Waals surface area (Å²) in [5.74, 6) is 1.53. The number of para-hydroxylation sites is 2. The van der Waals surface area contributed by atoms with E-state index < -0.39 is 0 Å². The molecule has 3 aromatic rings. The highest BCUT2D eigenvalue weighted by molar-refractivity contribution is 5.68. The number of aromatic nitrogens is 1. The van der Waals surface area contributed by atoms with E-state index in [1.807, 2.05) is 44.3 Å². The van der Waals surface area contributed by atoms with Crippen molar-refractivity contribution >= 4 is 0 Å². The fourth-order valence-corrected chi connectivity index (χ4v) is 3.52. The molecular weight excluding hydrogens is 358 g/mol. The van der Waals surface area contributed by atoms with Crippen LogP contribution in [0, 0.1) is 6.92 Å². The molecule has 0 bridgehead atoms. The number of hydrogen-bond donors (Lipinski definition) is 0. The van der Waals surface area contributed by atoms with Gasteiger partial charge in [0, 0.05) is 17.3 Å². The second-order valence-electron chi connectivity index (χ2n) is 7.56. The smallest absolute Gasteiger partial charge is 0.161 e. The van der Waals surface area contributed by atoms with E-state index in [1.54, 1.807) is 0 Å². The summed E-state index contributed by atoms with van der Waals surface area (Å²) < 4.78 is 11.9.